The molecule has 0 bridgehead atoms. The van der Waals surface area contributed by atoms with Gasteiger partial charge < -0.3 is 9.84 Å². The molecule has 0 fully saturated rings. The van der Waals surface area contributed by atoms with Gasteiger partial charge in [-0.2, -0.15) is 10.2 Å². The first-order valence-corrected chi connectivity index (χ1v) is 5.53. The molecule has 0 saturated carbocycles. The zero-order valence-electron chi connectivity index (χ0n) is 10.6. The fraction of sp³-hybridized carbons (Fsp3) is 0.636. The molecule has 0 aliphatic heterocycles. The summed E-state index contributed by atoms with van der Waals surface area (Å²) in [4.78, 5) is 21.9. The first-order valence-electron chi connectivity index (χ1n) is 5.53. The van der Waals surface area contributed by atoms with Crippen LogP contribution in [0.15, 0.2) is 22.9 Å². The van der Waals surface area contributed by atoms with E-state index in [1.165, 1.54) is 13.0 Å². The van der Waals surface area contributed by atoms with Crippen LogP contribution < -0.4 is 5.73 Å². The number of aliphatic carboxylic acids is 1. The van der Waals surface area contributed by atoms with Gasteiger partial charge in [-0.05, 0) is 6.08 Å². The molecular weight excluding hydrogens is 238 g/mol. The number of carboxylic acid groups (broad SMARTS) is 1. The number of hydrogen-bond acceptors (Lipinski definition) is 6. The molecular formula is C11H19N3O4. The van der Waals surface area contributed by atoms with E-state index in [1.807, 2.05) is 0 Å². The average molecular weight is 257 g/mol. The Bertz CT molecular complexity index is 330. The fourth-order valence-electron chi connectivity index (χ4n) is 0.811. The van der Waals surface area contributed by atoms with Crippen molar-refractivity contribution in [3.05, 3.63) is 12.7 Å². The van der Waals surface area contributed by atoms with Crippen LogP contribution in [0.3, 0.4) is 0 Å². The first kappa shape index (κ1) is 16.2. The standard InChI is InChI=1S/C11H19N3O4/c1-4-9(12)18-11(17)8(3)6-14-13-5-7(2)10(15)16/h4,7-9H,1,5-6,12H2,2-3H3,(H,15,16). The molecule has 0 aromatic carbocycles. The third-order valence-electron chi connectivity index (χ3n) is 2.12. The van der Waals surface area contributed by atoms with Crippen LogP contribution >= 0.6 is 0 Å². The molecule has 7 nitrogen and oxygen atoms in total. The zero-order valence-corrected chi connectivity index (χ0v) is 10.6. The Morgan fingerprint density at radius 3 is 2.28 bits per heavy atom. The van der Waals surface area contributed by atoms with Crippen molar-refractivity contribution < 1.29 is 19.4 Å². The number of carbonyl (C=O) groups is 2. The minimum Gasteiger partial charge on any atom is -0.481 e. The van der Waals surface area contributed by atoms with Gasteiger partial charge in [-0.25, -0.2) is 0 Å². The van der Waals surface area contributed by atoms with Crippen molar-refractivity contribution in [2.45, 2.75) is 20.1 Å². The lowest BCUT2D eigenvalue weighted by Crippen LogP contribution is -2.28. The third-order valence-corrected chi connectivity index (χ3v) is 2.12. The zero-order chi connectivity index (χ0) is 14.1. The van der Waals surface area contributed by atoms with E-state index in [0.29, 0.717) is 0 Å². The molecule has 7 heteroatoms. The lowest BCUT2D eigenvalue weighted by Gasteiger charge is -2.11. The lowest BCUT2D eigenvalue weighted by atomic mass is 10.2. The Morgan fingerprint density at radius 2 is 1.83 bits per heavy atom. The van der Waals surface area contributed by atoms with E-state index >= 15 is 0 Å². The highest BCUT2D eigenvalue weighted by atomic mass is 16.6. The molecule has 0 radical (unpaired) electrons. The molecule has 0 amide bonds. The fourth-order valence-corrected chi connectivity index (χ4v) is 0.811. The Morgan fingerprint density at radius 1 is 1.33 bits per heavy atom. The van der Waals surface area contributed by atoms with E-state index in [9.17, 15) is 9.59 Å². The van der Waals surface area contributed by atoms with Crippen LogP contribution in [-0.2, 0) is 14.3 Å². The lowest BCUT2D eigenvalue weighted by molar-refractivity contribution is -0.150. The molecule has 0 aromatic rings. The van der Waals surface area contributed by atoms with Crippen molar-refractivity contribution in [2.24, 2.45) is 27.8 Å². The first-order chi connectivity index (χ1) is 8.38. The number of azo groups is 1. The Hall–Kier alpha value is -1.76. The average Bonchev–Trinajstić information content (AvgIpc) is 2.33. The van der Waals surface area contributed by atoms with Gasteiger partial charge in [-0.1, -0.05) is 20.4 Å². The number of ether oxygens (including phenoxy) is 1. The van der Waals surface area contributed by atoms with Crippen LogP contribution in [0.25, 0.3) is 0 Å². The molecule has 18 heavy (non-hydrogen) atoms. The smallest absolute Gasteiger partial charge is 0.312 e. The summed E-state index contributed by atoms with van der Waals surface area (Å²) in [5, 5.41) is 16.0. The van der Waals surface area contributed by atoms with Crippen LogP contribution in [-0.4, -0.2) is 36.4 Å². The summed E-state index contributed by atoms with van der Waals surface area (Å²) in [5.74, 6) is -2.50. The predicted molar refractivity (Wildman–Crippen MR) is 64.8 cm³/mol. The number of esters is 1. The number of rotatable bonds is 8. The van der Waals surface area contributed by atoms with Gasteiger partial charge in [0.05, 0.1) is 24.9 Å². The quantitative estimate of drug-likeness (QED) is 0.289. The monoisotopic (exact) mass is 257 g/mol. The summed E-state index contributed by atoms with van der Waals surface area (Å²) in [5.41, 5.74) is 5.36. The summed E-state index contributed by atoms with van der Waals surface area (Å²) in [6.07, 6.45) is 0.477. The van der Waals surface area contributed by atoms with Crippen LogP contribution in [0.4, 0.5) is 0 Å². The molecule has 0 saturated heterocycles. The van der Waals surface area contributed by atoms with Gasteiger partial charge in [0.2, 0.25) is 0 Å². The van der Waals surface area contributed by atoms with Crippen molar-refractivity contribution >= 4 is 11.9 Å². The molecule has 0 aliphatic carbocycles. The second-order valence-corrected chi connectivity index (χ2v) is 3.93. The summed E-state index contributed by atoms with van der Waals surface area (Å²) < 4.78 is 4.80. The SMILES string of the molecule is C=CC(N)OC(=O)C(C)CN=NCC(C)C(=O)O. The second-order valence-electron chi connectivity index (χ2n) is 3.93. The molecule has 3 N–H and O–H groups in total. The topological polar surface area (TPSA) is 114 Å². The van der Waals surface area contributed by atoms with Crippen molar-refractivity contribution in [3.8, 4) is 0 Å². The van der Waals surface area contributed by atoms with Gasteiger partial charge in [0.25, 0.3) is 0 Å². The van der Waals surface area contributed by atoms with Crippen molar-refractivity contribution in [2.75, 3.05) is 13.1 Å². The van der Waals surface area contributed by atoms with Gasteiger partial charge in [-0.15, -0.1) is 0 Å². The molecule has 102 valence electrons. The largest absolute Gasteiger partial charge is 0.481 e. The molecule has 0 spiro atoms. The van der Waals surface area contributed by atoms with E-state index in [-0.39, 0.29) is 13.1 Å². The summed E-state index contributed by atoms with van der Waals surface area (Å²) in [7, 11) is 0. The van der Waals surface area contributed by atoms with E-state index in [1.54, 1.807) is 6.92 Å². The summed E-state index contributed by atoms with van der Waals surface area (Å²) >= 11 is 0. The molecule has 0 heterocycles. The number of nitrogens with zero attached hydrogens (tertiary/aromatic N) is 2. The normalized spacial score (nSPS) is 15.9. The Labute approximate surface area is 106 Å². The summed E-state index contributed by atoms with van der Waals surface area (Å²) in [6, 6.07) is 0. The van der Waals surface area contributed by atoms with Gasteiger partial charge in [0, 0.05) is 0 Å². The third kappa shape index (κ3) is 6.74. The molecule has 0 aliphatic rings. The van der Waals surface area contributed by atoms with E-state index in [4.69, 9.17) is 15.6 Å². The van der Waals surface area contributed by atoms with Crippen molar-refractivity contribution in [3.63, 3.8) is 0 Å². The highest BCUT2D eigenvalue weighted by molar-refractivity contribution is 5.72. The summed E-state index contributed by atoms with van der Waals surface area (Å²) in [6.45, 7) is 6.76. The molecule has 0 aromatic heterocycles. The minimum absolute atomic E-state index is 0.0866. The van der Waals surface area contributed by atoms with E-state index < -0.39 is 30.0 Å². The van der Waals surface area contributed by atoms with Crippen LogP contribution in [0, 0.1) is 11.8 Å². The predicted octanol–water partition coefficient (Wildman–Crippen LogP) is 0.809. The maximum Gasteiger partial charge on any atom is 0.312 e. The number of nitrogens with two attached hydrogens (primary N) is 1. The maximum absolute atomic E-state index is 11.4. The highest BCUT2D eigenvalue weighted by Crippen LogP contribution is 2.02. The van der Waals surface area contributed by atoms with Gasteiger partial charge in [-0.3, -0.25) is 15.3 Å². The van der Waals surface area contributed by atoms with Crippen LogP contribution in [0.1, 0.15) is 13.8 Å². The van der Waals surface area contributed by atoms with Crippen molar-refractivity contribution in [1.29, 1.82) is 0 Å². The minimum atomic E-state index is -0.932. The van der Waals surface area contributed by atoms with E-state index in [2.05, 4.69) is 16.8 Å². The van der Waals surface area contributed by atoms with E-state index in [0.717, 1.165) is 0 Å². The van der Waals surface area contributed by atoms with Crippen LogP contribution in [0.5, 0.6) is 0 Å². The highest BCUT2D eigenvalue weighted by Gasteiger charge is 2.16. The molecule has 3 unspecified atom stereocenters. The maximum atomic E-state index is 11.4. The van der Waals surface area contributed by atoms with Crippen molar-refractivity contribution in [1.82, 2.24) is 0 Å². The number of hydrogen-bond donors (Lipinski definition) is 2. The Balaban J connectivity index is 3.98. The van der Waals surface area contributed by atoms with Crippen LogP contribution in [0.2, 0.25) is 0 Å². The molecule has 0 rings (SSSR count). The Kier molecular flexibility index (Phi) is 7.53. The van der Waals surface area contributed by atoms with Gasteiger partial charge >= 0.3 is 11.9 Å². The number of carbonyl (C=O) groups excluding carboxylic acids is 1. The van der Waals surface area contributed by atoms with Gasteiger partial charge in [0.15, 0.2) is 6.23 Å². The molecule has 3 atom stereocenters. The van der Waals surface area contributed by atoms with Gasteiger partial charge in [0.1, 0.15) is 0 Å². The second kappa shape index (κ2) is 8.35. The number of carboxylic acids is 1.